The first kappa shape index (κ1) is 33.3. The van der Waals surface area contributed by atoms with Crippen LogP contribution >= 0.6 is 0 Å². The number of sulfonamides is 1. The molecule has 0 amide bonds. The molecule has 45 heavy (non-hydrogen) atoms. The molecule has 4 rings (SSSR count). The molecular formula is C34H39N3O7S. The molecule has 3 N–H and O–H groups in total. The number of anilines is 2. The van der Waals surface area contributed by atoms with Crippen LogP contribution in [0.4, 0.5) is 11.4 Å². The lowest BCUT2D eigenvalue weighted by Gasteiger charge is -2.18. The van der Waals surface area contributed by atoms with E-state index in [0.717, 1.165) is 28.6 Å². The van der Waals surface area contributed by atoms with Crippen molar-refractivity contribution in [2.45, 2.75) is 12.7 Å². The molecule has 0 aliphatic rings. The van der Waals surface area contributed by atoms with Gasteiger partial charge in [0.15, 0.2) is 0 Å². The number of rotatable bonds is 15. The Morgan fingerprint density at radius 3 is 2.29 bits per heavy atom. The number of hydrogen-bond acceptors (Lipinski definition) is 9. The zero-order valence-corrected chi connectivity index (χ0v) is 26.6. The Kier molecular flexibility index (Phi) is 11.4. The van der Waals surface area contributed by atoms with E-state index < -0.39 is 16.1 Å². The average Bonchev–Trinajstić information content (AvgIpc) is 3.03. The molecule has 0 bridgehead atoms. The van der Waals surface area contributed by atoms with Crippen molar-refractivity contribution in [2.24, 2.45) is 0 Å². The Balaban J connectivity index is 1.29. The van der Waals surface area contributed by atoms with E-state index in [1.165, 1.54) is 7.11 Å². The van der Waals surface area contributed by atoms with Gasteiger partial charge in [-0.05, 0) is 58.7 Å². The first-order valence-corrected chi connectivity index (χ1v) is 16.2. The van der Waals surface area contributed by atoms with Crippen LogP contribution in [0.3, 0.4) is 0 Å². The number of carbonyl (C=O) groups is 1. The minimum atomic E-state index is -3.57. The third-order valence-corrected chi connectivity index (χ3v) is 7.47. The minimum absolute atomic E-state index is 0.237. The summed E-state index contributed by atoms with van der Waals surface area (Å²) in [4.78, 5) is 14.0. The zero-order valence-electron chi connectivity index (χ0n) is 25.8. The predicted octanol–water partition coefficient (Wildman–Crippen LogP) is 4.86. The predicted molar refractivity (Wildman–Crippen MR) is 177 cm³/mol. The Morgan fingerprint density at radius 1 is 0.911 bits per heavy atom. The van der Waals surface area contributed by atoms with Crippen LogP contribution in [-0.4, -0.2) is 66.7 Å². The summed E-state index contributed by atoms with van der Waals surface area (Å²) in [7, 11) is 1.55. The second-order valence-electron chi connectivity index (χ2n) is 10.6. The second kappa shape index (κ2) is 15.4. The van der Waals surface area contributed by atoms with Gasteiger partial charge in [0.2, 0.25) is 10.0 Å². The van der Waals surface area contributed by atoms with Crippen LogP contribution < -0.4 is 24.4 Å². The van der Waals surface area contributed by atoms with Crippen LogP contribution in [0.25, 0.3) is 11.1 Å². The lowest BCUT2D eigenvalue weighted by molar-refractivity contribution is 0.0601. The monoisotopic (exact) mass is 633 g/mol. The quantitative estimate of drug-likeness (QED) is 0.124. The third kappa shape index (κ3) is 9.70. The highest BCUT2D eigenvalue weighted by molar-refractivity contribution is 7.92. The maximum Gasteiger partial charge on any atom is 0.339 e. The van der Waals surface area contributed by atoms with Crippen LogP contribution in [-0.2, 0) is 21.4 Å². The van der Waals surface area contributed by atoms with E-state index in [2.05, 4.69) is 10.0 Å². The molecule has 0 radical (unpaired) electrons. The molecule has 0 unspecified atom stereocenters. The standard InChI is InChI=1S/C34H39N3O7S/c1-37(2)31-21-26(12-16-29(31)34(39)42-3)25-10-14-28(15-11-25)43-19-18-35-22-32(38)27-13-17-33(30(20-27)36-45(4,40)41)44-23-24-8-6-5-7-9-24/h5-17,20-21,32,35-36,38H,18-19,22-23H2,1-4H3/t32-/m0/s1. The Labute approximate surface area is 264 Å². The summed E-state index contributed by atoms with van der Waals surface area (Å²) >= 11 is 0. The number of nitrogens with zero attached hydrogens (tertiary/aromatic N) is 1. The summed E-state index contributed by atoms with van der Waals surface area (Å²) in [5.41, 5.74) is 4.94. The topological polar surface area (TPSA) is 126 Å². The molecule has 238 valence electrons. The summed E-state index contributed by atoms with van der Waals surface area (Å²) in [6.45, 7) is 1.36. The molecule has 10 nitrogen and oxygen atoms in total. The van der Waals surface area contributed by atoms with E-state index in [1.807, 2.05) is 85.7 Å². The highest BCUT2D eigenvalue weighted by atomic mass is 32.2. The summed E-state index contributed by atoms with van der Waals surface area (Å²) in [6, 6.07) is 27.7. The number of esters is 1. The van der Waals surface area contributed by atoms with Gasteiger partial charge in [-0.2, -0.15) is 0 Å². The van der Waals surface area contributed by atoms with Crippen LogP contribution in [0.1, 0.15) is 27.6 Å². The van der Waals surface area contributed by atoms with Gasteiger partial charge in [0.05, 0.1) is 36.4 Å². The fourth-order valence-corrected chi connectivity index (χ4v) is 5.16. The number of ether oxygens (including phenoxy) is 3. The van der Waals surface area contributed by atoms with Gasteiger partial charge in [-0.25, -0.2) is 13.2 Å². The SMILES string of the molecule is COC(=O)c1ccc(-c2ccc(OCCNC[C@H](O)c3ccc(OCc4ccccc4)c(NS(C)(=O)=O)c3)cc2)cc1N(C)C. The van der Waals surface area contributed by atoms with Crippen molar-refractivity contribution in [3.63, 3.8) is 0 Å². The van der Waals surface area contributed by atoms with Crippen molar-refractivity contribution in [3.8, 4) is 22.6 Å². The Hall–Kier alpha value is -4.58. The third-order valence-electron chi connectivity index (χ3n) is 6.88. The number of carbonyl (C=O) groups excluding carboxylic acids is 1. The number of nitrogens with one attached hydrogen (secondary N) is 2. The van der Waals surface area contributed by atoms with Gasteiger partial charge >= 0.3 is 5.97 Å². The smallest absolute Gasteiger partial charge is 0.339 e. The summed E-state index contributed by atoms with van der Waals surface area (Å²) in [5.74, 6) is 0.678. The van der Waals surface area contributed by atoms with Crippen molar-refractivity contribution < 1.29 is 32.5 Å². The molecule has 0 aliphatic carbocycles. The number of aliphatic hydroxyl groups is 1. The lowest BCUT2D eigenvalue weighted by atomic mass is 10.0. The van der Waals surface area contributed by atoms with Gasteiger partial charge in [0.1, 0.15) is 24.7 Å². The van der Waals surface area contributed by atoms with E-state index >= 15 is 0 Å². The minimum Gasteiger partial charge on any atom is -0.492 e. The summed E-state index contributed by atoms with van der Waals surface area (Å²) < 4.78 is 43.0. The van der Waals surface area contributed by atoms with E-state index in [4.69, 9.17) is 14.2 Å². The van der Waals surface area contributed by atoms with Gasteiger partial charge in [0, 0.05) is 27.2 Å². The van der Waals surface area contributed by atoms with Gasteiger partial charge in [-0.15, -0.1) is 0 Å². The molecule has 0 aliphatic heterocycles. The summed E-state index contributed by atoms with van der Waals surface area (Å²) in [6.07, 6.45) is 0.182. The van der Waals surface area contributed by atoms with Crippen LogP contribution in [0, 0.1) is 0 Å². The molecular weight excluding hydrogens is 594 g/mol. The normalized spacial score (nSPS) is 11.8. The maximum atomic E-state index is 12.1. The van der Waals surface area contributed by atoms with Crippen molar-refractivity contribution in [1.29, 1.82) is 0 Å². The largest absolute Gasteiger partial charge is 0.492 e. The van der Waals surface area contributed by atoms with Gasteiger partial charge < -0.3 is 29.5 Å². The Morgan fingerprint density at radius 2 is 1.62 bits per heavy atom. The Bertz CT molecular complexity index is 1680. The number of methoxy groups -OCH3 is 1. The van der Waals surface area contributed by atoms with Crippen LogP contribution in [0.2, 0.25) is 0 Å². The molecule has 4 aromatic carbocycles. The van der Waals surface area contributed by atoms with E-state index in [9.17, 15) is 18.3 Å². The fourth-order valence-electron chi connectivity index (χ4n) is 4.60. The van der Waals surface area contributed by atoms with Gasteiger partial charge in [-0.3, -0.25) is 4.72 Å². The van der Waals surface area contributed by atoms with Crippen LogP contribution in [0.5, 0.6) is 11.5 Å². The first-order chi connectivity index (χ1) is 21.5. The molecule has 0 saturated heterocycles. The van der Waals surface area contributed by atoms with Crippen LogP contribution in [0.15, 0.2) is 91.0 Å². The van der Waals surface area contributed by atoms with Crippen molar-refractivity contribution in [1.82, 2.24) is 5.32 Å². The molecule has 1 atom stereocenters. The van der Waals surface area contributed by atoms with E-state index in [-0.39, 0.29) is 24.8 Å². The average molecular weight is 634 g/mol. The molecule has 0 heterocycles. The fraction of sp³-hybridized carbons (Fsp3) is 0.265. The highest BCUT2D eigenvalue weighted by Crippen LogP contribution is 2.31. The number of aliphatic hydroxyl groups excluding tert-OH is 1. The van der Waals surface area contributed by atoms with Crippen molar-refractivity contribution >= 4 is 27.4 Å². The summed E-state index contributed by atoms with van der Waals surface area (Å²) in [5, 5.41) is 13.9. The molecule has 0 fully saturated rings. The number of hydrogen-bond donors (Lipinski definition) is 3. The molecule has 11 heteroatoms. The molecule has 4 aromatic rings. The molecule has 0 saturated carbocycles. The number of benzene rings is 4. The second-order valence-corrected chi connectivity index (χ2v) is 12.4. The van der Waals surface area contributed by atoms with Crippen molar-refractivity contribution in [3.05, 3.63) is 108 Å². The molecule has 0 aromatic heterocycles. The van der Waals surface area contributed by atoms with E-state index in [1.54, 1.807) is 24.3 Å². The van der Waals surface area contributed by atoms with Crippen molar-refractivity contribution in [2.75, 3.05) is 56.8 Å². The molecule has 0 spiro atoms. The van der Waals surface area contributed by atoms with Gasteiger partial charge in [-0.1, -0.05) is 54.6 Å². The van der Waals surface area contributed by atoms with E-state index in [0.29, 0.717) is 35.8 Å². The lowest BCUT2D eigenvalue weighted by Crippen LogP contribution is -2.26. The van der Waals surface area contributed by atoms with Gasteiger partial charge in [0.25, 0.3) is 0 Å². The maximum absolute atomic E-state index is 12.1. The highest BCUT2D eigenvalue weighted by Gasteiger charge is 2.16. The zero-order chi connectivity index (χ0) is 32.4. The first-order valence-electron chi connectivity index (χ1n) is 14.3.